The number of nitrogens with zero attached hydrogens (tertiary/aromatic N) is 6. The van der Waals surface area contributed by atoms with Gasteiger partial charge in [-0.05, 0) is 43.5 Å². The highest BCUT2D eigenvalue weighted by Gasteiger charge is 2.37. The fourth-order valence-corrected chi connectivity index (χ4v) is 6.98. The molecular weight excluding hydrogens is 685 g/mol. The Morgan fingerprint density at radius 3 is 2.63 bits per heavy atom. The smallest absolute Gasteiger partial charge is 0.433 e. The summed E-state index contributed by atoms with van der Waals surface area (Å²) in [6, 6.07) is 6.49. The molecule has 0 bridgehead atoms. The standard InChI is InChI=1S/C35H41F3N8O6/c1-4-52-28-14-22(13-27(41-28)35(36,37)38)24-15-25(45(2)19-34(20-50-3)9-5-6-10-34)29-30(40-24)43-33(42-29)44-31(47)23-8-7-21(16-39-23)17-46-11-12-51-18-26(46)32(48)49/h7-8,13-16,26H,4-6,9-12,17-20H2,1-3H3,(H,48,49)(H2,40,42,43,44,47). The Morgan fingerprint density at radius 1 is 1.17 bits per heavy atom. The van der Waals surface area contributed by atoms with E-state index in [4.69, 9.17) is 14.2 Å². The number of hydrogen-bond donors (Lipinski definition) is 3. The Hall–Kier alpha value is -4.87. The van der Waals surface area contributed by atoms with E-state index in [1.807, 2.05) is 11.9 Å². The van der Waals surface area contributed by atoms with Crippen molar-refractivity contribution in [3.8, 4) is 17.1 Å². The van der Waals surface area contributed by atoms with Crippen LogP contribution in [-0.4, -0.2) is 107 Å². The maximum Gasteiger partial charge on any atom is 0.433 e. The number of rotatable bonds is 13. The average Bonchev–Trinajstić information content (AvgIpc) is 3.74. The Balaban J connectivity index is 1.31. The van der Waals surface area contributed by atoms with Gasteiger partial charge in [-0.2, -0.15) is 18.2 Å². The summed E-state index contributed by atoms with van der Waals surface area (Å²) in [6.07, 6.45) is 0.855. The number of amides is 1. The lowest BCUT2D eigenvalue weighted by molar-refractivity contribution is -0.150. The minimum atomic E-state index is -4.72. The number of halogens is 3. The molecule has 3 N–H and O–H groups in total. The lowest BCUT2D eigenvalue weighted by Gasteiger charge is -2.34. The van der Waals surface area contributed by atoms with Gasteiger partial charge in [0.15, 0.2) is 5.65 Å². The first-order chi connectivity index (χ1) is 24.9. The van der Waals surface area contributed by atoms with Crippen molar-refractivity contribution < 1.29 is 42.1 Å². The Labute approximate surface area is 297 Å². The predicted octanol–water partition coefficient (Wildman–Crippen LogP) is 5.01. The first kappa shape index (κ1) is 36.9. The van der Waals surface area contributed by atoms with Gasteiger partial charge in [0.25, 0.3) is 5.91 Å². The molecule has 1 aliphatic carbocycles. The second-order valence-corrected chi connectivity index (χ2v) is 13.2. The number of ether oxygens (including phenoxy) is 3. The summed E-state index contributed by atoms with van der Waals surface area (Å²) in [5, 5.41) is 12.2. The minimum Gasteiger partial charge on any atom is -0.480 e. The summed E-state index contributed by atoms with van der Waals surface area (Å²) in [5.74, 6) is -1.66. The van der Waals surface area contributed by atoms with Gasteiger partial charge < -0.3 is 29.2 Å². The second-order valence-electron chi connectivity index (χ2n) is 13.2. The van der Waals surface area contributed by atoms with E-state index in [9.17, 15) is 27.9 Å². The number of carbonyl (C=O) groups excluding carboxylic acids is 1. The van der Waals surface area contributed by atoms with E-state index in [2.05, 4.69) is 30.2 Å². The van der Waals surface area contributed by atoms with Crippen LogP contribution >= 0.6 is 0 Å². The number of nitrogens with one attached hydrogen (secondary N) is 2. The highest BCUT2D eigenvalue weighted by Crippen LogP contribution is 2.41. The minimum absolute atomic E-state index is 0.0657. The van der Waals surface area contributed by atoms with Crippen LogP contribution in [0.25, 0.3) is 22.4 Å². The van der Waals surface area contributed by atoms with Crippen molar-refractivity contribution in [2.24, 2.45) is 5.41 Å². The molecule has 17 heteroatoms. The highest BCUT2D eigenvalue weighted by atomic mass is 19.4. The first-order valence-corrected chi connectivity index (χ1v) is 17.0. The largest absolute Gasteiger partial charge is 0.480 e. The molecule has 0 radical (unpaired) electrons. The van der Waals surface area contributed by atoms with Crippen LogP contribution in [0.4, 0.5) is 24.8 Å². The van der Waals surface area contributed by atoms with Gasteiger partial charge in [-0.1, -0.05) is 18.9 Å². The van der Waals surface area contributed by atoms with E-state index in [1.165, 1.54) is 18.3 Å². The van der Waals surface area contributed by atoms with E-state index < -0.39 is 29.8 Å². The van der Waals surface area contributed by atoms with Crippen LogP contribution in [-0.2, 0) is 27.0 Å². The molecule has 5 heterocycles. The van der Waals surface area contributed by atoms with Crippen LogP contribution in [0.1, 0.15) is 54.4 Å². The molecule has 1 aliphatic heterocycles. The third kappa shape index (κ3) is 8.26. The number of morpholine rings is 1. The molecule has 52 heavy (non-hydrogen) atoms. The SMILES string of the molecule is CCOc1cc(-c2cc(N(C)CC3(COC)CCCC3)c3[nH]c(NC(=O)c4ccc(CN5CCOCC5C(=O)O)cn4)nc3n2)cc(C(F)(F)F)n1. The molecule has 6 rings (SSSR count). The zero-order valence-corrected chi connectivity index (χ0v) is 29.1. The van der Waals surface area contributed by atoms with Crippen molar-refractivity contribution in [1.82, 2.24) is 29.8 Å². The molecule has 1 unspecified atom stereocenters. The van der Waals surface area contributed by atoms with Crippen LogP contribution in [0, 0.1) is 5.41 Å². The van der Waals surface area contributed by atoms with Crippen molar-refractivity contribution in [2.45, 2.75) is 51.4 Å². The number of H-pyrrole nitrogens is 1. The average molecular weight is 727 g/mol. The van der Waals surface area contributed by atoms with Gasteiger partial charge in [0, 0.05) is 57.0 Å². The predicted molar refractivity (Wildman–Crippen MR) is 184 cm³/mol. The number of alkyl halides is 3. The van der Waals surface area contributed by atoms with Gasteiger partial charge in [0.05, 0.1) is 37.8 Å². The maximum absolute atomic E-state index is 13.9. The molecule has 1 saturated carbocycles. The second kappa shape index (κ2) is 15.4. The fourth-order valence-electron chi connectivity index (χ4n) is 6.98. The third-order valence-electron chi connectivity index (χ3n) is 9.42. The van der Waals surface area contributed by atoms with Crippen molar-refractivity contribution in [1.29, 1.82) is 0 Å². The summed E-state index contributed by atoms with van der Waals surface area (Å²) in [7, 11) is 3.57. The summed E-state index contributed by atoms with van der Waals surface area (Å²) >= 11 is 0. The molecule has 1 atom stereocenters. The van der Waals surface area contributed by atoms with Gasteiger partial charge in [-0.25, -0.2) is 9.97 Å². The normalized spacial score (nSPS) is 17.7. The van der Waals surface area contributed by atoms with Crippen molar-refractivity contribution in [3.63, 3.8) is 0 Å². The van der Waals surface area contributed by atoms with Crippen LogP contribution in [0.3, 0.4) is 0 Å². The molecule has 1 amide bonds. The molecule has 14 nitrogen and oxygen atoms in total. The van der Waals surface area contributed by atoms with Gasteiger partial charge in [-0.3, -0.25) is 24.8 Å². The van der Waals surface area contributed by atoms with Gasteiger partial charge in [0.2, 0.25) is 11.8 Å². The van der Waals surface area contributed by atoms with Crippen molar-refractivity contribution >= 4 is 34.7 Å². The van der Waals surface area contributed by atoms with E-state index in [1.54, 1.807) is 31.1 Å². The zero-order valence-electron chi connectivity index (χ0n) is 29.1. The summed E-state index contributed by atoms with van der Waals surface area (Å²) in [6.45, 7) is 4.21. The van der Waals surface area contributed by atoms with Crippen molar-refractivity contribution in [3.05, 3.63) is 53.5 Å². The van der Waals surface area contributed by atoms with Crippen LogP contribution in [0.5, 0.6) is 5.88 Å². The number of carbonyl (C=O) groups is 2. The molecule has 0 spiro atoms. The van der Waals surface area contributed by atoms with E-state index in [-0.39, 0.29) is 53.1 Å². The molecular formula is C35H41F3N8O6. The topological polar surface area (TPSA) is 168 Å². The number of methoxy groups -OCH3 is 1. The summed E-state index contributed by atoms with van der Waals surface area (Å²) in [5.41, 5.74) is 1.20. The lowest BCUT2D eigenvalue weighted by atomic mass is 9.86. The van der Waals surface area contributed by atoms with Gasteiger partial charge in [-0.15, -0.1) is 0 Å². The Bertz CT molecular complexity index is 1900. The number of pyridine rings is 3. The summed E-state index contributed by atoms with van der Waals surface area (Å²) in [4.78, 5) is 49.0. The Kier molecular flexibility index (Phi) is 10.9. The first-order valence-electron chi connectivity index (χ1n) is 17.0. The molecule has 278 valence electrons. The number of aromatic nitrogens is 5. The van der Waals surface area contributed by atoms with Gasteiger partial charge >= 0.3 is 12.1 Å². The maximum atomic E-state index is 13.9. The molecule has 1 saturated heterocycles. The third-order valence-corrected chi connectivity index (χ3v) is 9.42. The van der Waals surface area contributed by atoms with Crippen LogP contribution in [0.15, 0.2) is 36.5 Å². The number of carboxylic acid groups (broad SMARTS) is 1. The van der Waals surface area contributed by atoms with E-state index in [0.29, 0.717) is 44.1 Å². The Morgan fingerprint density at radius 2 is 1.96 bits per heavy atom. The quantitative estimate of drug-likeness (QED) is 0.169. The lowest BCUT2D eigenvalue weighted by Crippen LogP contribution is -2.49. The van der Waals surface area contributed by atoms with Crippen LogP contribution < -0.4 is 15.0 Å². The number of aliphatic carboxylic acids is 1. The monoisotopic (exact) mass is 726 g/mol. The van der Waals surface area contributed by atoms with Gasteiger partial charge in [0.1, 0.15) is 22.9 Å². The van der Waals surface area contributed by atoms with Crippen LogP contribution in [0.2, 0.25) is 0 Å². The number of aromatic amines is 1. The number of anilines is 2. The molecule has 2 aliphatic rings. The van der Waals surface area contributed by atoms with Crippen molar-refractivity contribution in [2.75, 3.05) is 63.9 Å². The zero-order chi connectivity index (χ0) is 37.0. The molecule has 0 aromatic carbocycles. The van der Waals surface area contributed by atoms with E-state index >= 15 is 0 Å². The summed E-state index contributed by atoms with van der Waals surface area (Å²) < 4.78 is 58.0. The number of fused-ring (bicyclic) bond motifs is 1. The highest BCUT2D eigenvalue weighted by molar-refractivity contribution is 6.03. The van der Waals surface area contributed by atoms with E-state index in [0.717, 1.165) is 37.3 Å². The molecule has 2 fully saturated rings. The number of hydrogen-bond acceptors (Lipinski definition) is 11. The molecule has 4 aromatic heterocycles. The number of carboxylic acids is 1. The molecule has 4 aromatic rings. The number of imidazole rings is 1. The fraction of sp³-hybridized carbons (Fsp3) is 0.486.